The van der Waals surface area contributed by atoms with Gasteiger partial charge >= 0.3 is 11.9 Å². The summed E-state index contributed by atoms with van der Waals surface area (Å²) in [6, 6.07) is -3.31. The summed E-state index contributed by atoms with van der Waals surface area (Å²) in [6.07, 6.45) is 16.0. The predicted molar refractivity (Wildman–Crippen MR) is 143 cm³/mol. The first-order valence-electron chi connectivity index (χ1n) is 14.8. The zero-order valence-electron chi connectivity index (χ0n) is 23.6. The Labute approximate surface area is 220 Å². The van der Waals surface area contributed by atoms with Crippen molar-refractivity contribution in [2.75, 3.05) is 6.54 Å². The van der Waals surface area contributed by atoms with E-state index in [1.165, 1.54) is 51.4 Å². The molecule has 7 heteroatoms. The van der Waals surface area contributed by atoms with Gasteiger partial charge in [0.2, 0.25) is 0 Å². The highest BCUT2D eigenvalue weighted by molar-refractivity contribution is 5.77. The normalized spacial score (nSPS) is 15.7. The standard InChI is InChI=1S/C29H55NO6/c1-5-9-10-11-12-13-14-15-16-17-18-19-23-30(24(20-6-2)27(31)32,25(21-7-3)28(33)34)26(22-8-4)29(35)36/h24-26H,5-23H2,1-4H3,(H2-,31,32,33,34,35,36). The lowest BCUT2D eigenvalue weighted by Gasteiger charge is -2.52. The highest BCUT2D eigenvalue weighted by atomic mass is 16.4. The van der Waals surface area contributed by atoms with Crippen LogP contribution in [0.5, 0.6) is 0 Å². The molecule has 0 aliphatic carbocycles. The summed E-state index contributed by atoms with van der Waals surface area (Å²) in [5.41, 5.74) is 0. The van der Waals surface area contributed by atoms with Gasteiger partial charge in [-0.1, -0.05) is 98.3 Å². The van der Waals surface area contributed by atoms with Crippen molar-refractivity contribution >= 4 is 17.9 Å². The molecular weight excluding hydrogens is 458 g/mol. The van der Waals surface area contributed by atoms with E-state index in [2.05, 4.69) is 6.92 Å². The van der Waals surface area contributed by atoms with Gasteiger partial charge in [-0.05, 0) is 25.7 Å². The minimum atomic E-state index is -1.33. The summed E-state index contributed by atoms with van der Waals surface area (Å²) < 4.78 is -0.430. The molecule has 36 heavy (non-hydrogen) atoms. The topological polar surface area (TPSA) is 115 Å². The number of carbonyl (C=O) groups is 3. The second-order valence-corrected chi connectivity index (χ2v) is 10.5. The molecule has 0 fully saturated rings. The van der Waals surface area contributed by atoms with E-state index in [1.54, 1.807) is 0 Å². The smallest absolute Gasteiger partial charge is 0.362 e. The van der Waals surface area contributed by atoms with Crippen molar-refractivity contribution in [2.24, 2.45) is 0 Å². The summed E-state index contributed by atoms with van der Waals surface area (Å²) in [7, 11) is 0. The quantitative estimate of drug-likeness (QED) is 0.115. The molecule has 0 aliphatic heterocycles. The minimum Gasteiger partial charge on any atom is -0.544 e. The molecule has 2 N–H and O–H groups in total. The Morgan fingerprint density at radius 3 is 1.19 bits per heavy atom. The number of quaternary nitrogens is 1. The van der Waals surface area contributed by atoms with Gasteiger partial charge in [-0.15, -0.1) is 0 Å². The van der Waals surface area contributed by atoms with E-state index in [1.807, 2.05) is 20.8 Å². The fraction of sp³-hybridized carbons (Fsp3) is 0.897. The van der Waals surface area contributed by atoms with E-state index in [0.29, 0.717) is 25.7 Å². The first-order valence-corrected chi connectivity index (χ1v) is 14.8. The molecule has 7 nitrogen and oxygen atoms in total. The molecular formula is C29H55NO6. The number of carbonyl (C=O) groups excluding carboxylic acids is 1. The van der Waals surface area contributed by atoms with Crippen LogP contribution in [0.4, 0.5) is 0 Å². The van der Waals surface area contributed by atoms with E-state index >= 15 is 0 Å². The Morgan fingerprint density at radius 2 is 0.889 bits per heavy atom. The van der Waals surface area contributed by atoms with Crippen molar-refractivity contribution in [1.29, 1.82) is 0 Å². The van der Waals surface area contributed by atoms with Crippen LogP contribution in [-0.4, -0.2) is 57.3 Å². The molecule has 0 aromatic carbocycles. The van der Waals surface area contributed by atoms with E-state index in [0.717, 1.165) is 19.3 Å². The van der Waals surface area contributed by atoms with Crippen LogP contribution >= 0.6 is 0 Å². The summed E-state index contributed by atoms with van der Waals surface area (Å²) in [5.74, 6) is -3.55. The number of rotatable bonds is 25. The number of carboxylic acid groups (broad SMARTS) is 3. The lowest BCUT2D eigenvalue weighted by molar-refractivity contribution is -0.975. The van der Waals surface area contributed by atoms with E-state index in [9.17, 15) is 29.7 Å². The number of carboxylic acids is 3. The van der Waals surface area contributed by atoms with E-state index in [-0.39, 0.29) is 25.8 Å². The minimum absolute atomic E-state index is 0.210. The second-order valence-electron chi connectivity index (χ2n) is 10.5. The SMILES string of the molecule is CCCCCCCCCCCCCC[N+](C(CCC)C(=O)[O-])(C(CCC)C(=O)O)C(CCC)C(=O)O. The number of nitrogens with zero attached hydrogens (tertiary/aromatic N) is 1. The maximum atomic E-state index is 12.5. The molecule has 0 aromatic heterocycles. The molecule has 0 heterocycles. The lowest BCUT2D eigenvalue weighted by Crippen LogP contribution is -2.74. The van der Waals surface area contributed by atoms with Gasteiger partial charge in [0.25, 0.3) is 0 Å². The van der Waals surface area contributed by atoms with Crippen molar-refractivity contribution in [2.45, 2.75) is 161 Å². The number of hydrogen-bond acceptors (Lipinski definition) is 4. The largest absolute Gasteiger partial charge is 0.544 e. The molecule has 0 aliphatic rings. The summed E-state index contributed by atoms with van der Waals surface area (Å²) in [5, 5.41) is 32.8. The van der Waals surface area contributed by atoms with Crippen molar-refractivity contribution in [3.8, 4) is 0 Å². The monoisotopic (exact) mass is 513 g/mol. The van der Waals surface area contributed by atoms with Gasteiger partial charge in [0.05, 0.1) is 12.5 Å². The van der Waals surface area contributed by atoms with Crippen LogP contribution < -0.4 is 5.11 Å². The van der Waals surface area contributed by atoms with Gasteiger partial charge in [-0.3, -0.25) is 4.48 Å². The van der Waals surface area contributed by atoms with Crippen molar-refractivity contribution in [1.82, 2.24) is 0 Å². The summed E-state index contributed by atoms with van der Waals surface area (Å²) in [6.45, 7) is 8.03. The zero-order valence-corrected chi connectivity index (χ0v) is 23.6. The van der Waals surface area contributed by atoms with Gasteiger partial charge in [0.1, 0.15) is 6.04 Å². The molecule has 0 amide bonds. The third kappa shape index (κ3) is 11.6. The third-order valence-electron chi connectivity index (χ3n) is 7.67. The Hall–Kier alpha value is -1.63. The average molecular weight is 514 g/mol. The Morgan fingerprint density at radius 1 is 0.556 bits per heavy atom. The van der Waals surface area contributed by atoms with E-state index in [4.69, 9.17) is 0 Å². The van der Waals surface area contributed by atoms with Crippen LogP contribution in [0, 0.1) is 0 Å². The molecule has 0 radical (unpaired) electrons. The predicted octanol–water partition coefficient (Wildman–Crippen LogP) is 5.93. The van der Waals surface area contributed by atoms with Crippen molar-refractivity contribution in [3.63, 3.8) is 0 Å². The molecule has 3 unspecified atom stereocenters. The molecule has 0 rings (SSSR count). The van der Waals surface area contributed by atoms with Crippen LogP contribution in [-0.2, 0) is 14.4 Å². The van der Waals surface area contributed by atoms with Crippen LogP contribution in [0.1, 0.15) is 143 Å². The van der Waals surface area contributed by atoms with Gasteiger partial charge < -0.3 is 20.1 Å². The lowest BCUT2D eigenvalue weighted by atomic mass is 9.91. The number of aliphatic carboxylic acids is 3. The number of unbranched alkanes of at least 4 members (excludes halogenated alkanes) is 11. The average Bonchev–Trinajstić information content (AvgIpc) is 2.83. The number of hydrogen-bond donors (Lipinski definition) is 2. The van der Waals surface area contributed by atoms with E-state index < -0.39 is 40.5 Å². The van der Waals surface area contributed by atoms with Crippen molar-refractivity contribution < 1.29 is 34.2 Å². The fourth-order valence-corrected chi connectivity index (χ4v) is 5.86. The zero-order chi connectivity index (χ0) is 27.4. The van der Waals surface area contributed by atoms with Crippen LogP contribution in [0.3, 0.4) is 0 Å². The Balaban J connectivity index is 5.52. The molecule has 0 saturated heterocycles. The summed E-state index contributed by atoms with van der Waals surface area (Å²) in [4.78, 5) is 37.4. The first kappa shape index (κ1) is 34.4. The molecule has 3 atom stereocenters. The van der Waals surface area contributed by atoms with Gasteiger partial charge in [0.15, 0.2) is 12.1 Å². The second kappa shape index (κ2) is 20.4. The van der Waals surface area contributed by atoms with Crippen molar-refractivity contribution in [3.05, 3.63) is 0 Å². The Bertz CT molecular complexity index is 549. The molecule has 0 saturated carbocycles. The Kier molecular flexibility index (Phi) is 19.5. The fourth-order valence-electron chi connectivity index (χ4n) is 5.86. The summed E-state index contributed by atoms with van der Waals surface area (Å²) >= 11 is 0. The molecule has 0 aromatic rings. The maximum Gasteiger partial charge on any atom is 0.362 e. The molecule has 0 spiro atoms. The highest BCUT2D eigenvalue weighted by Crippen LogP contribution is 2.34. The van der Waals surface area contributed by atoms with Gasteiger partial charge in [-0.2, -0.15) is 0 Å². The van der Waals surface area contributed by atoms with Gasteiger partial charge in [-0.25, -0.2) is 9.59 Å². The highest BCUT2D eigenvalue weighted by Gasteiger charge is 2.54. The van der Waals surface area contributed by atoms with Crippen LogP contribution in [0.25, 0.3) is 0 Å². The van der Waals surface area contributed by atoms with Crippen LogP contribution in [0.2, 0.25) is 0 Å². The first-order chi connectivity index (χ1) is 17.2. The molecule has 212 valence electrons. The maximum absolute atomic E-state index is 12.5. The third-order valence-corrected chi connectivity index (χ3v) is 7.67. The molecule has 0 bridgehead atoms. The van der Waals surface area contributed by atoms with Gasteiger partial charge in [0, 0.05) is 19.3 Å². The van der Waals surface area contributed by atoms with Crippen LogP contribution in [0.15, 0.2) is 0 Å².